The Morgan fingerprint density at radius 3 is 2.27 bits per heavy atom. The van der Waals surface area contributed by atoms with Gasteiger partial charge < -0.3 is 14.5 Å². The van der Waals surface area contributed by atoms with E-state index in [1.807, 2.05) is 44.7 Å². The van der Waals surface area contributed by atoms with Crippen LogP contribution in [0.4, 0.5) is 4.79 Å². The Hall–Kier alpha value is -1.42. The van der Waals surface area contributed by atoms with Crippen LogP contribution in [-0.2, 0) is 4.74 Å². The predicted molar refractivity (Wildman–Crippen MR) is 113 cm³/mol. The topological polar surface area (TPSA) is 61.9 Å². The van der Waals surface area contributed by atoms with Gasteiger partial charge in [0.2, 0.25) is 0 Å². The van der Waals surface area contributed by atoms with Crippen LogP contribution in [0.2, 0.25) is 0 Å². The van der Waals surface area contributed by atoms with Gasteiger partial charge in [0.15, 0.2) is 5.11 Å². The van der Waals surface area contributed by atoms with E-state index in [1.165, 1.54) is 0 Å². The van der Waals surface area contributed by atoms with E-state index in [2.05, 4.69) is 27.9 Å². The average Bonchev–Trinajstić information content (AvgIpc) is 2.55. The number of aryl methyl sites for hydroxylation is 1. The van der Waals surface area contributed by atoms with Crippen LogP contribution in [0.5, 0.6) is 0 Å². The van der Waals surface area contributed by atoms with Gasteiger partial charge in [-0.2, -0.15) is 0 Å². The van der Waals surface area contributed by atoms with Crippen molar-refractivity contribution >= 4 is 51.9 Å². The highest BCUT2D eigenvalue weighted by atomic mass is 127. The van der Waals surface area contributed by atoms with Crippen LogP contribution in [0, 0.1) is 10.5 Å². The molecule has 0 saturated carbocycles. The number of piperazine rings is 1. The standard InChI is InChI=1S/C18H24IN3O3S/c1-12-5-6-13(11-14(12)19)15(23)20-16(26)21-7-9-22(10-8-21)17(24)25-18(2,3)4/h5-6,11H,7-10H2,1-4H3,(H,20,23,26). The van der Waals surface area contributed by atoms with Gasteiger partial charge in [-0.25, -0.2) is 4.79 Å². The monoisotopic (exact) mass is 489 g/mol. The Morgan fingerprint density at radius 1 is 1.15 bits per heavy atom. The maximum Gasteiger partial charge on any atom is 0.410 e. The number of amides is 2. The number of thiocarbonyl (C=S) groups is 1. The van der Waals surface area contributed by atoms with Crippen molar-refractivity contribution in [2.24, 2.45) is 0 Å². The lowest BCUT2D eigenvalue weighted by Crippen LogP contribution is -2.54. The molecule has 8 heteroatoms. The summed E-state index contributed by atoms with van der Waals surface area (Å²) in [6, 6.07) is 5.55. The summed E-state index contributed by atoms with van der Waals surface area (Å²) in [5.74, 6) is -0.220. The van der Waals surface area contributed by atoms with E-state index in [4.69, 9.17) is 17.0 Å². The van der Waals surface area contributed by atoms with Crippen molar-refractivity contribution in [1.82, 2.24) is 15.1 Å². The van der Waals surface area contributed by atoms with Crippen molar-refractivity contribution in [3.8, 4) is 0 Å². The highest BCUT2D eigenvalue weighted by molar-refractivity contribution is 14.1. The van der Waals surface area contributed by atoms with Crippen molar-refractivity contribution < 1.29 is 14.3 Å². The van der Waals surface area contributed by atoms with Crippen LogP contribution < -0.4 is 5.32 Å². The van der Waals surface area contributed by atoms with E-state index in [0.717, 1.165) is 9.13 Å². The molecule has 0 spiro atoms. The van der Waals surface area contributed by atoms with Gasteiger partial charge in [0.25, 0.3) is 5.91 Å². The first-order valence-corrected chi connectivity index (χ1v) is 9.90. The number of halogens is 1. The zero-order valence-electron chi connectivity index (χ0n) is 15.5. The minimum absolute atomic E-state index is 0.220. The number of nitrogens with one attached hydrogen (secondary N) is 1. The molecule has 26 heavy (non-hydrogen) atoms. The maximum atomic E-state index is 12.4. The molecule has 1 N–H and O–H groups in total. The third-order valence-electron chi connectivity index (χ3n) is 3.87. The maximum absolute atomic E-state index is 12.4. The minimum Gasteiger partial charge on any atom is -0.444 e. The number of ether oxygens (including phenoxy) is 1. The number of nitrogens with zero attached hydrogens (tertiary/aromatic N) is 2. The largest absolute Gasteiger partial charge is 0.444 e. The van der Waals surface area contributed by atoms with E-state index < -0.39 is 5.60 Å². The highest BCUT2D eigenvalue weighted by Crippen LogP contribution is 2.14. The van der Waals surface area contributed by atoms with Gasteiger partial charge in [-0.15, -0.1) is 0 Å². The number of hydrogen-bond acceptors (Lipinski definition) is 4. The molecule has 6 nitrogen and oxygen atoms in total. The van der Waals surface area contributed by atoms with E-state index in [1.54, 1.807) is 11.0 Å². The molecule has 2 amide bonds. The lowest BCUT2D eigenvalue weighted by atomic mass is 10.1. The van der Waals surface area contributed by atoms with Crippen molar-refractivity contribution in [3.63, 3.8) is 0 Å². The molecule has 0 aromatic heterocycles. The Balaban J connectivity index is 1.87. The fourth-order valence-electron chi connectivity index (χ4n) is 2.40. The molecular formula is C18H24IN3O3S. The van der Waals surface area contributed by atoms with Gasteiger partial charge in [0, 0.05) is 35.3 Å². The van der Waals surface area contributed by atoms with Crippen LogP contribution >= 0.6 is 34.8 Å². The Kier molecular flexibility index (Phi) is 6.84. The second kappa shape index (κ2) is 8.51. The second-order valence-corrected chi connectivity index (χ2v) is 8.73. The molecule has 0 radical (unpaired) electrons. The summed E-state index contributed by atoms with van der Waals surface area (Å²) in [4.78, 5) is 28.0. The second-order valence-electron chi connectivity index (χ2n) is 7.18. The first kappa shape index (κ1) is 20.9. The van der Waals surface area contributed by atoms with E-state index in [9.17, 15) is 9.59 Å². The van der Waals surface area contributed by atoms with Gasteiger partial charge in [0.1, 0.15) is 5.60 Å². The zero-order valence-corrected chi connectivity index (χ0v) is 18.4. The molecule has 0 atom stereocenters. The predicted octanol–water partition coefficient (Wildman–Crippen LogP) is 3.17. The molecule has 1 aliphatic rings. The van der Waals surface area contributed by atoms with Crippen molar-refractivity contribution in [2.45, 2.75) is 33.3 Å². The number of carbonyl (C=O) groups is 2. The average molecular weight is 489 g/mol. The van der Waals surface area contributed by atoms with Crippen molar-refractivity contribution in [3.05, 3.63) is 32.9 Å². The molecule has 1 heterocycles. The summed E-state index contributed by atoms with van der Waals surface area (Å²) in [5.41, 5.74) is 1.20. The summed E-state index contributed by atoms with van der Waals surface area (Å²) in [6.45, 7) is 9.67. The summed E-state index contributed by atoms with van der Waals surface area (Å²) in [6.07, 6.45) is -0.318. The number of carbonyl (C=O) groups excluding carboxylic acids is 2. The van der Waals surface area contributed by atoms with Crippen molar-refractivity contribution in [1.29, 1.82) is 0 Å². The molecule has 1 fully saturated rings. The minimum atomic E-state index is -0.511. The zero-order chi connectivity index (χ0) is 19.5. The lowest BCUT2D eigenvalue weighted by molar-refractivity contribution is 0.0186. The Bertz CT molecular complexity index is 710. The van der Waals surface area contributed by atoms with E-state index in [0.29, 0.717) is 36.9 Å². The smallest absolute Gasteiger partial charge is 0.410 e. The van der Waals surface area contributed by atoms with Gasteiger partial charge in [0.05, 0.1) is 0 Å². The Morgan fingerprint density at radius 2 is 1.73 bits per heavy atom. The first-order valence-electron chi connectivity index (χ1n) is 8.41. The fourth-order valence-corrected chi connectivity index (χ4v) is 3.19. The van der Waals surface area contributed by atoms with Crippen LogP contribution in [-0.4, -0.2) is 58.7 Å². The van der Waals surface area contributed by atoms with Crippen molar-refractivity contribution in [2.75, 3.05) is 26.2 Å². The third kappa shape index (κ3) is 5.80. The summed E-state index contributed by atoms with van der Waals surface area (Å²) in [7, 11) is 0. The molecule has 142 valence electrons. The van der Waals surface area contributed by atoms with E-state index >= 15 is 0 Å². The molecule has 1 saturated heterocycles. The molecule has 2 rings (SSSR count). The van der Waals surface area contributed by atoms with Gasteiger partial charge in [-0.3, -0.25) is 10.1 Å². The summed E-state index contributed by atoms with van der Waals surface area (Å²) in [5, 5.41) is 3.16. The van der Waals surface area contributed by atoms with E-state index in [-0.39, 0.29) is 12.0 Å². The van der Waals surface area contributed by atoms with Gasteiger partial charge >= 0.3 is 6.09 Å². The van der Waals surface area contributed by atoms with Gasteiger partial charge in [-0.1, -0.05) is 6.07 Å². The first-order chi connectivity index (χ1) is 12.1. The van der Waals surface area contributed by atoms with Crippen LogP contribution in [0.3, 0.4) is 0 Å². The van der Waals surface area contributed by atoms with Crippen LogP contribution in [0.25, 0.3) is 0 Å². The highest BCUT2D eigenvalue weighted by Gasteiger charge is 2.27. The molecular weight excluding hydrogens is 465 g/mol. The lowest BCUT2D eigenvalue weighted by Gasteiger charge is -2.36. The SMILES string of the molecule is Cc1ccc(C(=O)NC(=S)N2CCN(C(=O)OC(C)(C)C)CC2)cc1I. The van der Waals surface area contributed by atoms with Crippen LogP contribution in [0.15, 0.2) is 18.2 Å². The Labute approximate surface area is 173 Å². The number of rotatable bonds is 1. The summed E-state index contributed by atoms with van der Waals surface area (Å²) < 4.78 is 6.42. The number of benzene rings is 1. The normalized spacial score (nSPS) is 14.8. The molecule has 1 aromatic rings. The number of hydrogen-bond donors (Lipinski definition) is 1. The molecule has 1 aliphatic heterocycles. The molecule has 1 aromatic carbocycles. The van der Waals surface area contributed by atoms with Gasteiger partial charge in [-0.05, 0) is 80.2 Å². The quantitative estimate of drug-likeness (QED) is 0.485. The third-order valence-corrected chi connectivity index (χ3v) is 5.40. The summed E-state index contributed by atoms with van der Waals surface area (Å²) >= 11 is 7.56. The molecule has 0 aliphatic carbocycles. The van der Waals surface area contributed by atoms with Crippen LogP contribution in [0.1, 0.15) is 36.7 Å². The fraction of sp³-hybridized carbons (Fsp3) is 0.500. The molecule has 0 bridgehead atoms. The molecule has 0 unspecified atom stereocenters.